The van der Waals surface area contributed by atoms with Crippen LogP contribution in [0.4, 0.5) is 0 Å². The summed E-state index contributed by atoms with van der Waals surface area (Å²) in [5, 5.41) is 39.2. The second-order valence-electron chi connectivity index (χ2n) is 16.4. The smallest absolute Gasteiger partial charge is 0.526 e. The van der Waals surface area contributed by atoms with Gasteiger partial charge in [0.15, 0.2) is 0 Å². The predicted molar refractivity (Wildman–Crippen MR) is 212 cm³/mol. The fourth-order valence-electron chi connectivity index (χ4n) is 9.46. The van der Waals surface area contributed by atoms with Gasteiger partial charge in [0.2, 0.25) is 0 Å². The highest BCUT2D eigenvalue weighted by Crippen LogP contribution is 2.40. The first kappa shape index (κ1) is 43.3. The van der Waals surface area contributed by atoms with Crippen LogP contribution < -0.4 is 32.2 Å². The quantitative estimate of drug-likeness (QED) is 0.128. The van der Waals surface area contributed by atoms with Crippen molar-refractivity contribution in [3.05, 3.63) is 58.7 Å². The van der Waals surface area contributed by atoms with Crippen LogP contribution in [-0.4, -0.2) is 84.2 Å². The first-order valence-corrected chi connectivity index (χ1v) is 20.1. The van der Waals surface area contributed by atoms with Gasteiger partial charge >= 0.3 is 26.2 Å². The number of Topliss-reactive ketones (excluding diaryl/α,β-unsaturated/α-hetero) is 2. The summed E-state index contributed by atoms with van der Waals surface area (Å²) in [7, 11) is -2.36. The van der Waals surface area contributed by atoms with Gasteiger partial charge < -0.3 is 52.5 Å². The van der Waals surface area contributed by atoms with Crippen LogP contribution in [0.1, 0.15) is 96.1 Å². The molecule has 0 aromatic heterocycles. The predicted octanol–water partition coefficient (Wildman–Crippen LogP) is 2.94. The highest BCUT2D eigenvalue weighted by atomic mass is 16.5. The van der Waals surface area contributed by atoms with E-state index in [2.05, 4.69) is 0 Å². The Morgan fingerprint density at radius 3 is 1.29 bits per heavy atom. The molecule has 16 heteroatoms. The molecule has 14 nitrogen and oxygen atoms in total. The monoisotopic (exact) mass is 776 g/mol. The molecule has 0 amide bonds. The molecule has 0 unspecified atom stereocenters. The zero-order chi connectivity index (χ0) is 40.5. The van der Waals surface area contributed by atoms with Crippen LogP contribution in [0.2, 0.25) is 11.6 Å². The highest BCUT2D eigenvalue weighted by molar-refractivity contribution is 6.47. The summed E-state index contributed by atoms with van der Waals surface area (Å²) in [5.41, 5.74) is 24.9. The average Bonchev–Trinajstić information content (AvgIpc) is 3.18. The van der Waals surface area contributed by atoms with Crippen molar-refractivity contribution < 1.29 is 48.7 Å². The van der Waals surface area contributed by atoms with Gasteiger partial charge in [0.25, 0.3) is 0 Å². The van der Waals surface area contributed by atoms with Crippen LogP contribution >= 0.6 is 0 Å². The molecule has 2 heterocycles. The largest absolute Gasteiger partial charge is 0.535 e. The molecule has 2 fully saturated rings. The molecule has 0 spiro atoms. The van der Waals surface area contributed by atoms with Crippen LogP contribution in [-0.2, 0) is 22.4 Å². The van der Waals surface area contributed by atoms with Crippen molar-refractivity contribution >= 4 is 37.7 Å². The van der Waals surface area contributed by atoms with Crippen LogP contribution in [0.25, 0.3) is 0 Å². The Balaban J connectivity index is 0.000000214. The van der Waals surface area contributed by atoms with Gasteiger partial charge in [-0.25, -0.2) is 9.59 Å². The molecule has 2 aliphatic heterocycles. The first-order chi connectivity index (χ1) is 26.8. The molecule has 4 aliphatic rings. The summed E-state index contributed by atoms with van der Waals surface area (Å²) >= 11 is 0. The van der Waals surface area contributed by atoms with E-state index in [1.807, 2.05) is 0 Å². The minimum atomic E-state index is -1.18. The summed E-state index contributed by atoms with van der Waals surface area (Å²) in [6.45, 7) is 2.49. The lowest BCUT2D eigenvalue weighted by molar-refractivity contribution is -0.121. The summed E-state index contributed by atoms with van der Waals surface area (Å²) in [4.78, 5) is 47.9. The maximum atomic E-state index is 12.6. The van der Waals surface area contributed by atoms with E-state index in [4.69, 9.17) is 32.2 Å². The molecule has 0 radical (unpaired) electrons. The Morgan fingerprint density at radius 2 is 0.946 bits per heavy atom. The molecule has 2 aromatic carbocycles. The van der Waals surface area contributed by atoms with Crippen molar-refractivity contribution in [3.8, 4) is 11.5 Å². The molecular formula is C40H58B2N4O10. The minimum absolute atomic E-state index is 0.0332. The number of carbonyl (C=O) groups is 4. The second-order valence-corrected chi connectivity index (χ2v) is 16.4. The number of fused-ring (bicyclic) bond motifs is 2. The van der Waals surface area contributed by atoms with E-state index < -0.39 is 26.2 Å². The first-order valence-electron chi connectivity index (χ1n) is 20.1. The summed E-state index contributed by atoms with van der Waals surface area (Å²) in [5.74, 6) is -0.0127. The Kier molecular flexibility index (Phi) is 15.5. The Labute approximate surface area is 329 Å². The number of hydrogen-bond donors (Lipinski definition) is 8. The minimum Gasteiger partial charge on any atom is -0.535 e. The van der Waals surface area contributed by atoms with E-state index in [-0.39, 0.29) is 58.7 Å². The Bertz CT molecular complexity index is 1580. The topological polar surface area (TPSA) is 272 Å². The molecule has 2 saturated carbocycles. The third-order valence-corrected chi connectivity index (χ3v) is 12.6. The molecule has 0 bridgehead atoms. The maximum Gasteiger partial charge on any atom is 0.526 e. The SMILES string of the molecule is NC[C@@H]1CC[C@@H](CC(=O)C[C@H]2Cc3cccc(C(=O)O)c3OB2O)C[C@H]1CN.NC[C@H]1CC[C@H](CC(=O)C[C@H]2Cc3cccc(C(=O)O)c3OB2O)C[C@@H]1CN. The van der Waals surface area contributed by atoms with Gasteiger partial charge in [-0.2, -0.15) is 0 Å². The normalized spacial score (nSPS) is 27.0. The van der Waals surface area contributed by atoms with Gasteiger partial charge in [0.1, 0.15) is 23.1 Å². The number of nitrogens with two attached hydrogens (primary N) is 4. The molecule has 0 saturated heterocycles. The number of aromatic carboxylic acids is 2. The van der Waals surface area contributed by atoms with Crippen molar-refractivity contribution in [1.82, 2.24) is 0 Å². The van der Waals surface area contributed by atoms with Gasteiger partial charge in [0, 0.05) is 37.3 Å². The fraction of sp³-hybridized carbons (Fsp3) is 0.600. The van der Waals surface area contributed by atoms with E-state index in [9.17, 15) is 39.4 Å². The van der Waals surface area contributed by atoms with Gasteiger partial charge in [-0.3, -0.25) is 9.59 Å². The Hall–Kier alpha value is -3.79. The number of rotatable bonds is 14. The number of benzene rings is 2. The van der Waals surface area contributed by atoms with Crippen molar-refractivity contribution in [2.75, 3.05) is 26.2 Å². The second kappa shape index (κ2) is 20.1. The number of carboxylic acid groups (broad SMARTS) is 2. The van der Waals surface area contributed by atoms with E-state index >= 15 is 0 Å². The van der Waals surface area contributed by atoms with Gasteiger partial charge in [-0.15, -0.1) is 0 Å². The summed E-state index contributed by atoms with van der Waals surface area (Å²) in [6.07, 6.45) is 8.12. The molecular weight excluding hydrogens is 718 g/mol. The van der Waals surface area contributed by atoms with Gasteiger partial charge in [-0.1, -0.05) is 24.3 Å². The van der Waals surface area contributed by atoms with E-state index in [0.717, 1.165) is 49.7 Å². The lowest BCUT2D eigenvalue weighted by Gasteiger charge is -2.35. The van der Waals surface area contributed by atoms with Crippen molar-refractivity contribution in [3.63, 3.8) is 0 Å². The van der Waals surface area contributed by atoms with Crippen LogP contribution in [0.3, 0.4) is 0 Å². The molecule has 2 aliphatic carbocycles. The number of hydrogen-bond acceptors (Lipinski definition) is 12. The molecule has 304 valence electrons. The van der Waals surface area contributed by atoms with Crippen molar-refractivity contribution in [1.29, 1.82) is 0 Å². The number of ketones is 2. The van der Waals surface area contributed by atoms with E-state index in [1.165, 1.54) is 12.1 Å². The third-order valence-electron chi connectivity index (χ3n) is 12.6. The van der Waals surface area contributed by atoms with E-state index in [0.29, 0.717) is 87.4 Å². The molecule has 2 aromatic rings. The fourth-order valence-corrected chi connectivity index (χ4v) is 9.46. The standard InChI is InChI=1S/2C20H29BN2O5/c2*22-10-14-5-4-12(6-15(14)11-23)7-17(24)9-16-8-13-2-1-3-18(20(25)26)19(13)28-21(16)27/h2*1-3,12,14-16,27H,4-11,22-23H2,(H,25,26)/t12-,14+,15+,16+;12-,14+,15+,16-/m01/s1. The molecule has 8 atom stereocenters. The van der Waals surface area contributed by atoms with Crippen LogP contribution in [0.15, 0.2) is 36.4 Å². The lowest BCUT2D eigenvalue weighted by Crippen LogP contribution is -2.37. The summed E-state index contributed by atoms with van der Waals surface area (Å²) < 4.78 is 11.0. The Morgan fingerprint density at radius 1 is 0.571 bits per heavy atom. The number of para-hydroxylation sites is 2. The van der Waals surface area contributed by atoms with Crippen LogP contribution in [0.5, 0.6) is 11.5 Å². The average molecular weight is 777 g/mol. The number of carboxylic acids is 2. The molecule has 56 heavy (non-hydrogen) atoms. The van der Waals surface area contributed by atoms with Crippen molar-refractivity contribution in [2.24, 2.45) is 58.4 Å². The highest BCUT2D eigenvalue weighted by Gasteiger charge is 2.40. The molecule has 12 N–H and O–H groups in total. The maximum absolute atomic E-state index is 12.6. The zero-order valence-electron chi connectivity index (χ0n) is 32.1. The number of carbonyl (C=O) groups excluding carboxylic acids is 2. The third kappa shape index (κ3) is 10.8. The van der Waals surface area contributed by atoms with Gasteiger partial charge in [-0.05, 0) is 136 Å². The lowest BCUT2D eigenvalue weighted by atomic mass is 9.63. The van der Waals surface area contributed by atoms with Crippen molar-refractivity contribution in [2.45, 2.75) is 88.7 Å². The summed E-state index contributed by atoms with van der Waals surface area (Å²) in [6, 6.07) is 9.78. The van der Waals surface area contributed by atoms with Gasteiger partial charge in [0.05, 0.1) is 11.1 Å². The molecule has 6 rings (SSSR count). The zero-order valence-corrected chi connectivity index (χ0v) is 32.1. The van der Waals surface area contributed by atoms with E-state index in [1.54, 1.807) is 24.3 Å². The van der Waals surface area contributed by atoms with Crippen LogP contribution in [0, 0.1) is 35.5 Å².